The smallest absolute Gasteiger partial charge is 0.0732 e. The van der Waals surface area contributed by atoms with Crippen molar-refractivity contribution in [2.75, 3.05) is 0 Å². The number of rotatable bonds is 4. The molecule has 0 radical (unpaired) electrons. The highest BCUT2D eigenvalue weighted by Crippen LogP contribution is 2.40. The van der Waals surface area contributed by atoms with Gasteiger partial charge in [-0.2, -0.15) is 5.10 Å². The highest BCUT2D eigenvalue weighted by Gasteiger charge is 2.40. The number of fused-ring (bicyclic) bond motifs is 1. The molecule has 1 aliphatic rings. The van der Waals surface area contributed by atoms with Gasteiger partial charge in [-0.3, -0.25) is 4.68 Å². The first-order chi connectivity index (χ1) is 9.68. The zero-order valence-electron chi connectivity index (χ0n) is 12.5. The van der Waals surface area contributed by atoms with Gasteiger partial charge < -0.3 is 5.11 Å². The molecule has 1 fully saturated rings. The lowest BCUT2D eigenvalue weighted by Crippen LogP contribution is -2.35. The van der Waals surface area contributed by atoms with E-state index >= 15 is 0 Å². The predicted octanol–water partition coefficient (Wildman–Crippen LogP) is 3.54. The number of aromatic nitrogens is 2. The van der Waals surface area contributed by atoms with Gasteiger partial charge in [-0.05, 0) is 31.7 Å². The molecule has 1 aromatic heterocycles. The third-order valence-corrected chi connectivity index (χ3v) is 4.92. The van der Waals surface area contributed by atoms with Gasteiger partial charge in [0.2, 0.25) is 0 Å². The lowest BCUT2D eigenvalue weighted by atomic mass is 9.84. The maximum atomic E-state index is 11.0. The molecule has 1 N–H and O–H groups in total. The Labute approximate surface area is 120 Å². The van der Waals surface area contributed by atoms with E-state index in [-0.39, 0.29) is 0 Å². The summed E-state index contributed by atoms with van der Waals surface area (Å²) in [4.78, 5) is 0. The van der Waals surface area contributed by atoms with Gasteiger partial charge in [0.15, 0.2) is 0 Å². The molecule has 0 saturated heterocycles. The molecule has 0 amide bonds. The highest BCUT2D eigenvalue weighted by atomic mass is 16.3. The van der Waals surface area contributed by atoms with E-state index < -0.39 is 5.60 Å². The molecular weight excluding hydrogens is 248 g/mol. The van der Waals surface area contributed by atoms with E-state index in [1.54, 1.807) is 0 Å². The first kappa shape index (κ1) is 13.6. The van der Waals surface area contributed by atoms with Crippen LogP contribution < -0.4 is 0 Å². The van der Waals surface area contributed by atoms with Crippen molar-refractivity contribution in [2.24, 2.45) is 5.92 Å². The SMILES string of the molecule is CCC1CCCC1(O)Cc1nn(CC)c2ccccc12. The van der Waals surface area contributed by atoms with E-state index in [2.05, 4.69) is 38.1 Å². The summed E-state index contributed by atoms with van der Waals surface area (Å²) in [6, 6.07) is 8.36. The third kappa shape index (κ3) is 2.14. The maximum Gasteiger partial charge on any atom is 0.0732 e. The van der Waals surface area contributed by atoms with Gasteiger partial charge in [0.25, 0.3) is 0 Å². The van der Waals surface area contributed by atoms with Gasteiger partial charge in [0, 0.05) is 18.4 Å². The summed E-state index contributed by atoms with van der Waals surface area (Å²) in [6.07, 6.45) is 4.96. The molecule has 1 saturated carbocycles. The molecule has 2 atom stereocenters. The molecule has 3 nitrogen and oxygen atoms in total. The minimum Gasteiger partial charge on any atom is -0.389 e. The van der Waals surface area contributed by atoms with Crippen molar-refractivity contribution in [3.63, 3.8) is 0 Å². The summed E-state index contributed by atoms with van der Waals surface area (Å²) in [5.41, 5.74) is 1.69. The van der Waals surface area contributed by atoms with Gasteiger partial charge in [-0.25, -0.2) is 0 Å². The molecule has 1 aromatic carbocycles. The van der Waals surface area contributed by atoms with Crippen molar-refractivity contribution >= 4 is 10.9 Å². The van der Waals surface area contributed by atoms with Gasteiger partial charge in [-0.15, -0.1) is 0 Å². The number of hydrogen-bond acceptors (Lipinski definition) is 2. The molecule has 2 unspecified atom stereocenters. The minimum atomic E-state index is -0.551. The van der Waals surface area contributed by atoms with Crippen molar-refractivity contribution in [1.29, 1.82) is 0 Å². The molecule has 0 aliphatic heterocycles. The first-order valence-corrected chi connectivity index (χ1v) is 7.84. The normalized spacial score (nSPS) is 26.4. The van der Waals surface area contributed by atoms with Crippen molar-refractivity contribution in [2.45, 2.75) is 58.1 Å². The summed E-state index contributed by atoms with van der Waals surface area (Å²) in [7, 11) is 0. The van der Waals surface area contributed by atoms with Gasteiger partial charge >= 0.3 is 0 Å². The molecule has 0 spiro atoms. The minimum absolute atomic E-state index is 0.424. The van der Waals surface area contributed by atoms with Crippen LogP contribution in [0.4, 0.5) is 0 Å². The number of aliphatic hydroxyl groups is 1. The Morgan fingerprint density at radius 1 is 1.35 bits per heavy atom. The summed E-state index contributed by atoms with van der Waals surface area (Å²) in [6.45, 7) is 5.17. The summed E-state index contributed by atoms with van der Waals surface area (Å²) >= 11 is 0. The zero-order valence-corrected chi connectivity index (χ0v) is 12.5. The summed E-state index contributed by atoms with van der Waals surface area (Å²) in [5.74, 6) is 0.424. The molecule has 3 rings (SSSR count). The second kappa shape index (κ2) is 5.21. The van der Waals surface area contributed by atoms with Crippen LogP contribution >= 0.6 is 0 Å². The van der Waals surface area contributed by atoms with E-state index in [4.69, 9.17) is 5.10 Å². The second-order valence-corrected chi connectivity index (χ2v) is 6.06. The average Bonchev–Trinajstić information content (AvgIpc) is 3.00. The number of nitrogens with zero attached hydrogens (tertiary/aromatic N) is 2. The van der Waals surface area contributed by atoms with Gasteiger partial charge in [-0.1, -0.05) is 38.0 Å². The third-order valence-electron chi connectivity index (χ3n) is 4.92. The van der Waals surface area contributed by atoms with Crippen LogP contribution in [-0.2, 0) is 13.0 Å². The predicted molar refractivity (Wildman–Crippen MR) is 81.7 cm³/mol. The first-order valence-electron chi connectivity index (χ1n) is 7.84. The quantitative estimate of drug-likeness (QED) is 0.924. The van der Waals surface area contributed by atoms with Crippen LogP contribution in [-0.4, -0.2) is 20.5 Å². The number of aryl methyl sites for hydroxylation is 1. The average molecular weight is 272 g/mol. The van der Waals surface area contributed by atoms with Gasteiger partial charge in [0.1, 0.15) is 0 Å². The summed E-state index contributed by atoms with van der Waals surface area (Å²) in [5, 5.41) is 16.9. The number of hydrogen-bond donors (Lipinski definition) is 1. The van der Waals surface area contributed by atoms with Crippen LogP contribution in [0.15, 0.2) is 24.3 Å². The van der Waals surface area contributed by atoms with E-state index in [9.17, 15) is 5.11 Å². The van der Waals surface area contributed by atoms with Crippen molar-refractivity contribution < 1.29 is 5.11 Å². The molecule has 1 aliphatic carbocycles. The Bertz CT molecular complexity index is 604. The fraction of sp³-hybridized carbons (Fsp3) is 0.588. The van der Waals surface area contributed by atoms with Crippen LogP contribution in [0.5, 0.6) is 0 Å². The van der Waals surface area contributed by atoms with Crippen molar-refractivity contribution in [3.05, 3.63) is 30.0 Å². The monoisotopic (exact) mass is 272 g/mol. The maximum absolute atomic E-state index is 11.0. The molecule has 1 heterocycles. The topological polar surface area (TPSA) is 38.1 Å². The van der Waals surface area contributed by atoms with E-state index in [0.29, 0.717) is 12.3 Å². The Morgan fingerprint density at radius 2 is 2.15 bits per heavy atom. The van der Waals surface area contributed by atoms with Crippen LogP contribution in [0.2, 0.25) is 0 Å². The second-order valence-electron chi connectivity index (χ2n) is 6.06. The molecule has 2 aromatic rings. The Morgan fingerprint density at radius 3 is 2.90 bits per heavy atom. The van der Waals surface area contributed by atoms with Crippen molar-refractivity contribution in [1.82, 2.24) is 9.78 Å². The largest absolute Gasteiger partial charge is 0.389 e. The lowest BCUT2D eigenvalue weighted by molar-refractivity contribution is 0.000785. The Balaban J connectivity index is 1.99. The fourth-order valence-electron chi connectivity index (χ4n) is 3.80. The Hall–Kier alpha value is -1.35. The Kier molecular flexibility index (Phi) is 3.55. The molecule has 108 valence electrons. The fourth-order valence-corrected chi connectivity index (χ4v) is 3.80. The van der Waals surface area contributed by atoms with Crippen LogP contribution in [0, 0.1) is 5.92 Å². The molecule has 20 heavy (non-hydrogen) atoms. The molecule has 3 heteroatoms. The zero-order chi connectivity index (χ0) is 14.2. The number of benzene rings is 1. The summed E-state index contributed by atoms with van der Waals surface area (Å²) < 4.78 is 2.05. The standard InChI is InChI=1S/C17H24N2O/c1-3-13-8-7-11-17(13,20)12-15-14-9-5-6-10-16(14)19(4-2)18-15/h5-6,9-10,13,20H,3-4,7-8,11-12H2,1-2H3. The van der Waals surface area contributed by atoms with Crippen LogP contribution in [0.25, 0.3) is 10.9 Å². The van der Waals surface area contributed by atoms with Crippen LogP contribution in [0.3, 0.4) is 0 Å². The number of para-hydroxylation sites is 1. The van der Waals surface area contributed by atoms with E-state index in [1.807, 2.05) is 4.68 Å². The van der Waals surface area contributed by atoms with Gasteiger partial charge in [0.05, 0.1) is 16.8 Å². The van der Waals surface area contributed by atoms with E-state index in [1.165, 1.54) is 10.9 Å². The van der Waals surface area contributed by atoms with E-state index in [0.717, 1.165) is 37.9 Å². The lowest BCUT2D eigenvalue weighted by Gasteiger charge is -2.28. The van der Waals surface area contributed by atoms with Crippen LogP contribution in [0.1, 0.15) is 45.2 Å². The molecule has 0 bridgehead atoms. The van der Waals surface area contributed by atoms with Crippen molar-refractivity contribution in [3.8, 4) is 0 Å². The molecular formula is C17H24N2O. The highest BCUT2D eigenvalue weighted by molar-refractivity contribution is 5.82.